The van der Waals surface area contributed by atoms with Crippen molar-refractivity contribution in [1.82, 2.24) is 0 Å². The molecule has 0 aliphatic carbocycles. The molecule has 0 N–H and O–H groups in total. The Bertz CT molecular complexity index is 3010. The Morgan fingerprint density at radius 2 is 0.594 bits per heavy atom. The Balaban J connectivity index is 0.000000166. The van der Waals surface area contributed by atoms with Crippen LogP contribution in [0.5, 0.6) is 23.0 Å². The Morgan fingerprint density at radius 3 is 0.971 bits per heavy atom. The van der Waals surface area contributed by atoms with Crippen molar-refractivity contribution >= 4 is 71.5 Å². The number of hydrogen-bond acceptors (Lipinski definition) is 2. The number of rotatable bonds is 11. The van der Waals surface area contributed by atoms with Gasteiger partial charge in [0, 0.05) is 32.5 Å². The first-order valence-electron chi connectivity index (χ1n) is 23.4. The maximum absolute atomic E-state index is 6.92. The van der Waals surface area contributed by atoms with Crippen LogP contribution in [0.3, 0.4) is 0 Å². The fourth-order valence-corrected chi connectivity index (χ4v) is 16.3. The molecule has 0 aromatic heterocycles. The van der Waals surface area contributed by atoms with Gasteiger partial charge in [0.1, 0.15) is 23.0 Å². The van der Waals surface area contributed by atoms with Gasteiger partial charge in [-0.1, -0.05) is 269 Å². The lowest BCUT2D eigenvalue weighted by molar-refractivity contribution is 0.418. The zero-order chi connectivity index (χ0) is 47.0. The fourth-order valence-electron chi connectivity index (χ4n) is 9.15. The van der Waals surface area contributed by atoms with Crippen LogP contribution in [0.4, 0.5) is 0 Å². The summed E-state index contributed by atoms with van der Waals surface area (Å²) in [5, 5.41) is 11.6. The Morgan fingerprint density at radius 1 is 0.304 bits per heavy atom. The highest BCUT2D eigenvalue weighted by Gasteiger charge is 2.37. The molecule has 0 amide bonds. The summed E-state index contributed by atoms with van der Waals surface area (Å²) in [6.45, 7) is 6.76. The van der Waals surface area contributed by atoms with Crippen LogP contribution in [0, 0.1) is 6.92 Å². The van der Waals surface area contributed by atoms with Crippen molar-refractivity contribution in [3.05, 3.63) is 284 Å². The average molecular weight is 947 g/mol. The predicted octanol–water partition coefficient (Wildman–Crippen LogP) is 13.2. The summed E-state index contributed by atoms with van der Waals surface area (Å²) in [6.07, 6.45) is 0. The maximum Gasteiger partial charge on any atom is 0.139 e. The molecule has 0 bridgehead atoms. The number of fused-ring (bicyclic) bond motifs is 2. The number of hydrogen-bond donors (Lipinski definition) is 0. The van der Waals surface area contributed by atoms with Crippen molar-refractivity contribution in [1.29, 1.82) is 0 Å². The molecule has 69 heavy (non-hydrogen) atoms. The quantitative estimate of drug-likeness (QED) is 0.120. The molecule has 0 unspecified atom stereocenters. The fraction of sp³-hybridized carbons (Fsp3) is 0.0625. The van der Waals surface area contributed by atoms with Crippen LogP contribution >= 0.6 is 23.8 Å². The van der Waals surface area contributed by atoms with E-state index in [0.717, 1.165) is 23.0 Å². The van der Waals surface area contributed by atoms with Crippen LogP contribution < -0.4 is 57.2 Å². The first-order chi connectivity index (χ1) is 34.0. The normalized spacial score (nSPS) is 12.3. The van der Waals surface area contributed by atoms with Crippen LogP contribution in [0.25, 0.3) is 0 Å². The highest BCUT2D eigenvalue weighted by Crippen LogP contribution is 2.51. The van der Waals surface area contributed by atoms with Gasteiger partial charge in [-0.3, -0.25) is 0 Å². The molecule has 11 rings (SSSR count). The van der Waals surface area contributed by atoms with Crippen LogP contribution in [0.2, 0.25) is 0 Å². The molecule has 2 nitrogen and oxygen atoms in total. The summed E-state index contributed by atoms with van der Waals surface area (Å²) in [6, 6.07) is 95.0. The van der Waals surface area contributed by atoms with Gasteiger partial charge in [-0.2, -0.15) is 0 Å². The first kappa shape index (κ1) is 45.9. The molecule has 0 saturated carbocycles. The third-order valence-corrected chi connectivity index (χ3v) is 19.9. The maximum atomic E-state index is 6.92. The molecule has 0 fully saturated rings. The van der Waals surface area contributed by atoms with Crippen LogP contribution in [-0.4, -0.2) is 0 Å². The average Bonchev–Trinajstić information content (AvgIpc) is 3.40. The highest BCUT2D eigenvalue weighted by molar-refractivity contribution is 7.80. The highest BCUT2D eigenvalue weighted by atomic mass is 31.1. The summed E-state index contributed by atoms with van der Waals surface area (Å²) in [5.74, 6) is 3.85. The zero-order valence-corrected chi connectivity index (χ0v) is 41.7. The molecule has 0 saturated heterocycles. The Labute approximate surface area is 411 Å². The van der Waals surface area contributed by atoms with E-state index < -0.39 is 23.8 Å². The van der Waals surface area contributed by atoms with Gasteiger partial charge in [-0.15, -0.1) is 0 Å². The molecular formula is C64H53O2P3. The van der Waals surface area contributed by atoms with Gasteiger partial charge in [0.05, 0.1) is 0 Å². The molecule has 1 aliphatic rings. The van der Waals surface area contributed by atoms with Crippen LogP contribution in [-0.2, 0) is 5.41 Å². The van der Waals surface area contributed by atoms with E-state index in [9.17, 15) is 0 Å². The van der Waals surface area contributed by atoms with Crippen molar-refractivity contribution in [2.45, 2.75) is 26.2 Å². The van der Waals surface area contributed by atoms with E-state index in [2.05, 4.69) is 288 Å². The van der Waals surface area contributed by atoms with E-state index in [4.69, 9.17) is 9.47 Å². The van der Waals surface area contributed by atoms with E-state index >= 15 is 0 Å². The smallest absolute Gasteiger partial charge is 0.139 e. The minimum absolute atomic E-state index is 0.112. The summed E-state index contributed by atoms with van der Waals surface area (Å²) in [5.41, 5.74) is 3.59. The molecule has 10 aromatic carbocycles. The van der Waals surface area contributed by atoms with E-state index in [1.54, 1.807) is 0 Å². The molecule has 336 valence electrons. The number of aryl methyl sites for hydroxylation is 1. The number of ether oxygens (including phenoxy) is 2. The number of benzene rings is 10. The first-order valence-corrected chi connectivity index (χ1v) is 27.5. The Hall–Kier alpha value is -6.91. The van der Waals surface area contributed by atoms with Gasteiger partial charge in [0.25, 0.3) is 0 Å². The molecule has 1 heterocycles. The van der Waals surface area contributed by atoms with Gasteiger partial charge in [-0.25, -0.2) is 0 Å². The second kappa shape index (κ2) is 21.2. The third kappa shape index (κ3) is 9.86. The Kier molecular flexibility index (Phi) is 14.1. The van der Waals surface area contributed by atoms with Gasteiger partial charge in [0.15, 0.2) is 0 Å². The summed E-state index contributed by atoms with van der Waals surface area (Å²) < 4.78 is 13.6. The van der Waals surface area contributed by atoms with Gasteiger partial charge >= 0.3 is 0 Å². The molecule has 5 heteroatoms. The van der Waals surface area contributed by atoms with Crippen molar-refractivity contribution < 1.29 is 9.47 Å². The lowest BCUT2D eigenvalue weighted by atomic mass is 9.75. The standard InChI is InChI=1S/C36H28OP2.C28H25OP/c1-5-17-29(18-6-1)38(30-19-7-2-8-20-30)35-27-15-13-25-33(35)37-34-26-14-16-28-36(34)39(31-21-9-3-10-22-31)32-23-11-4-12-24-32;1-20-12-10-17-23-26(20)29-27-24(28(23,2)3)18-11-19-25(27)30(21-13-6-4-7-14-21)22-15-8-5-9-16-22/h1-28H;4-19H,1-3H3. The molecule has 1 aliphatic heterocycles. The summed E-state index contributed by atoms with van der Waals surface area (Å²) in [4.78, 5) is 0. The SMILES string of the molecule is Cc1cccc2c1Oc1c(P(c3ccccc3)c3ccccc3)cccc1C2(C)C.c1ccc(P(c2ccccc2)c2ccccc2Oc2ccccc2P(c2ccccc2)c2ccccc2)cc1. The second-order valence-corrected chi connectivity index (χ2v) is 23.9. The van der Waals surface area contributed by atoms with E-state index in [0.29, 0.717) is 0 Å². The molecule has 10 aromatic rings. The van der Waals surface area contributed by atoms with Gasteiger partial charge in [0.2, 0.25) is 0 Å². The van der Waals surface area contributed by atoms with Gasteiger partial charge < -0.3 is 9.47 Å². The van der Waals surface area contributed by atoms with Gasteiger partial charge in [-0.05, 0) is 80.2 Å². The predicted molar refractivity (Wildman–Crippen MR) is 299 cm³/mol. The molecule has 0 radical (unpaired) electrons. The van der Waals surface area contributed by atoms with Crippen LogP contribution in [0.1, 0.15) is 30.5 Å². The third-order valence-electron chi connectivity index (χ3n) is 12.5. The summed E-state index contributed by atoms with van der Waals surface area (Å²) in [7, 11) is -2.32. The molecule has 0 spiro atoms. The van der Waals surface area contributed by atoms with E-state index in [1.807, 2.05) is 0 Å². The summed E-state index contributed by atoms with van der Waals surface area (Å²) >= 11 is 0. The lowest BCUT2D eigenvalue weighted by Gasteiger charge is -2.37. The van der Waals surface area contributed by atoms with Crippen molar-refractivity contribution in [2.24, 2.45) is 0 Å². The van der Waals surface area contributed by atoms with Crippen molar-refractivity contribution in [2.75, 3.05) is 0 Å². The molecular weight excluding hydrogens is 894 g/mol. The molecule has 0 atom stereocenters. The van der Waals surface area contributed by atoms with E-state index in [1.165, 1.54) is 64.4 Å². The number of para-hydroxylation sites is 4. The lowest BCUT2D eigenvalue weighted by Crippen LogP contribution is -2.30. The minimum atomic E-state index is -0.795. The van der Waals surface area contributed by atoms with Crippen molar-refractivity contribution in [3.63, 3.8) is 0 Å². The zero-order valence-electron chi connectivity index (χ0n) is 39.1. The largest absolute Gasteiger partial charge is 0.456 e. The van der Waals surface area contributed by atoms with Crippen LogP contribution in [0.15, 0.2) is 267 Å². The second-order valence-electron chi connectivity index (χ2n) is 17.4. The van der Waals surface area contributed by atoms with E-state index in [-0.39, 0.29) is 5.41 Å². The topological polar surface area (TPSA) is 18.5 Å². The van der Waals surface area contributed by atoms with Crippen molar-refractivity contribution in [3.8, 4) is 23.0 Å². The minimum Gasteiger partial charge on any atom is -0.456 e. The monoisotopic (exact) mass is 946 g/mol.